The lowest BCUT2D eigenvalue weighted by Gasteiger charge is -2.38. The third kappa shape index (κ3) is 3.71. The summed E-state index contributed by atoms with van der Waals surface area (Å²) in [5.74, 6) is 0.0690. The molecule has 0 unspecified atom stereocenters. The van der Waals surface area contributed by atoms with Gasteiger partial charge in [-0.1, -0.05) is 0 Å². The number of hydrogen-bond donors (Lipinski definition) is 1. The molecule has 1 rings (SSSR count). The van der Waals surface area contributed by atoms with E-state index < -0.39 is 10.0 Å². The van der Waals surface area contributed by atoms with Crippen molar-refractivity contribution in [1.82, 2.24) is 9.62 Å². The Bertz CT molecular complexity index is 300. The second-order valence-corrected chi connectivity index (χ2v) is 6.54. The van der Waals surface area contributed by atoms with E-state index in [1.165, 1.54) is 7.11 Å². The highest BCUT2D eigenvalue weighted by Gasteiger charge is 2.32. The van der Waals surface area contributed by atoms with Gasteiger partial charge in [0.05, 0.1) is 12.4 Å². The zero-order chi connectivity index (χ0) is 11.5. The summed E-state index contributed by atoms with van der Waals surface area (Å²) in [5.41, 5.74) is -0.140. The number of methoxy groups -OCH3 is 1. The van der Waals surface area contributed by atoms with Gasteiger partial charge < -0.3 is 10.1 Å². The molecule has 1 heterocycles. The molecule has 90 valence electrons. The smallest absolute Gasteiger partial charge is 0.216 e. The van der Waals surface area contributed by atoms with Crippen LogP contribution in [0.4, 0.5) is 0 Å². The second-order valence-electron chi connectivity index (χ2n) is 4.45. The minimum atomic E-state index is -3.15. The van der Waals surface area contributed by atoms with Gasteiger partial charge in [0.1, 0.15) is 0 Å². The van der Waals surface area contributed by atoms with Crippen LogP contribution in [0, 0.1) is 0 Å². The van der Waals surface area contributed by atoms with Crippen LogP contribution in [-0.4, -0.2) is 57.4 Å². The number of ether oxygens (including phenoxy) is 1. The lowest BCUT2D eigenvalue weighted by molar-refractivity contribution is 0.208. The van der Waals surface area contributed by atoms with Gasteiger partial charge >= 0.3 is 0 Å². The Morgan fingerprint density at radius 1 is 1.47 bits per heavy atom. The van der Waals surface area contributed by atoms with E-state index in [0.29, 0.717) is 19.6 Å². The highest BCUT2D eigenvalue weighted by molar-refractivity contribution is 7.89. The van der Waals surface area contributed by atoms with Gasteiger partial charge in [-0.05, 0) is 13.8 Å². The fourth-order valence-corrected chi connectivity index (χ4v) is 3.17. The van der Waals surface area contributed by atoms with Crippen LogP contribution >= 0.6 is 0 Å². The highest BCUT2D eigenvalue weighted by Crippen LogP contribution is 2.13. The van der Waals surface area contributed by atoms with Crippen LogP contribution in [0.1, 0.15) is 13.8 Å². The van der Waals surface area contributed by atoms with Crippen molar-refractivity contribution in [3.05, 3.63) is 0 Å². The van der Waals surface area contributed by atoms with Crippen LogP contribution in [0.25, 0.3) is 0 Å². The van der Waals surface area contributed by atoms with Crippen molar-refractivity contribution >= 4 is 10.0 Å². The van der Waals surface area contributed by atoms with Crippen molar-refractivity contribution in [2.45, 2.75) is 19.4 Å². The van der Waals surface area contributed by atoms with E-state index in [-0.39, 0.29) is 17.9 Å². The number of nitrogens with one attached hydrogen (secondary N) is 1. The summed E-state index contributed by atoms with van der Waals surface area (Å²) >= 11 is 0. The van der Waals surface area contributed by atoms with E-state index in [4.69, 9.17) is 4.74 Å². The maximum atomic E-state index is 11.9. The summed E-state index contributed by atoms with van der Waals surface area (Å²) < 4.78 is 30.0. The molecular weight excluding hydrogens is 216 g/mol. The van der Waals surface area contributed by atoms with Gasteiger partial charge in [0.25, 0.3) is 0 Å². The Balaban J connectivity index is 2.63. The lowest BCUT2D eigenvalue weighted by atomic mass is 10.0. The molecule has 1 N–H and O–H groups in total. The summed E-state index contributed by atoms with van der Waals surface area (Å²) in [6, 6.07) is 0. The molecule has 0 aliphatic carbocycles. The molecule has 5 nitrogen and oxygen atoms in total. The topological polar surface area (TPSA) is 58.6 Å². The molecule has 0 atom stereocenters. The van der Waals surface area contributed by atoms with Gasteiger partial charge in [0.2, 0.25) is 10.0 Å². The van der Waals surface area contributed by atoms with Gasteiger partial charge in [0.15, 0.2) is 0 Å². The predicted octanol–water partition coefficient (Wildman–Crippen LogP) is -0.354. The van der Waals surface area contributed by atoms with Crippen LogP contribution in [0.5, 0.6) is 0 Å². The van der Waals surface area contributed by atoms with Gasteiger partial charge in [-0.3, -0.25) is 0 Å². The first-order chi connectivity index (χ1) is 6.87. The van der Waals surface area contributed by atoms with Crippen LogP contribution < -0.4 is 5.32 Å². The Labute approximate surface area is 91.8 Å². The molecule has 0 spiro atoms. The maximum Gasteiger partial charge on any atom is 0.216 e. The first kappa shape index (κ1) is 12.9. The summed E-state index contributed by atoms with van der Waals surface area (Å²) in [5, 5.41) is 3.28. The summed E-state index contributed by atoms with van der Waals surface area (Å²) in [6.07, 6.45) is 0. The molecule has 1 fully saturated rings. The quantitative estimate of drug-likeness (QED) is 0.724. The van der Waals surface area contributed by atoms with Gasteiger partial charge in [0, 0.05) is 32.3 Å². The summed E-state index contributed by atoms with van der Waals surface area (Å²) in [4.78, 5) is 0. The highest BCUT2D eigenvalue weighted by atomic mass is 32.2. The number of rotatable bonds is 4. The van der Waals surface area contributed by atoms with Gasteiger partial charge in [-0.15, -0.1) is 0 Å². The van der Waals surface area contributed by atoms with E-state index in [1.54, 1.807) is 4.31 Å². The standard InChI is InChI=1S/C9H20N2O3S/c1-9(2)8-11(5-4-10-9)15(12,13)7-6-14-3/h10H,4-8H2,1-3H3. The predicted molar refractivity (Wildman–Crippen MR) is 59.3 cm³/mol. The average molecular weight is 236 g/mol. The monoisotopic (exact) mass is 236 g/mol. The number of piperazine rings is 1. The molecular formula is C9H20N2O3S. The zero-order valence-corrected chi connectivity index (χ0v) is 10.4. The minimum Gasteiger partial charge on any atom is -0.384 e. The second kappa shape index (κ2) is 4.78. The van der Waals surface area contributed by atoms with Crippen LogP contribution in [0.3, 0.4) is 0 Å². The Morgan fingerprint density at radius 2 is 2.13 bits per heavy atom. The summed E-state index contributed by atoms with van der Waals surface area (Å²) in [7, 11) is -1.64. The molecule has 0 amide bonds. The molecule has 1 saturated heterocycles. The molecule has 6 heteroatoms. The first-order valence-electron chi connectivity index (χ1n) is 5.09. The van der Waals surface area contributed by atoms with Gasteiger partial charge in [-0.25, -0.2) is 8.42 Å². The third-order valence-corrected chi connectivity index (χ3v) is 4.26. The van der Waals surface area contributed by atoms with E-state index in [0.717, 1.165) is 0 Å². The molecule has 15 heavy (non-hydrogen) atoms. The van der Waals surface area contributed by atoms with E-state index >= 15 is 0 Å². The normalized spacial score (nSPS) is 22.9. The number of nitrogens with zero attached hydrogens (tertiary/aromatic N) is 1. The molecule has 0 aromatic heterocycles. The fourth-order valence-electron chi connectivity index (χ4n) is 1.65. The van der Waals surface area contributed by atoms with Crippen LogP contribution in [0.2, 0.25) is 0 Å². The van der Waals surface area contributed by atoms with E-state index in [2.05, 4.69) is 5.32 Å². The summed E-state index contributed by atoms with van der Waals surface area (Å²) in [6.45, 7) is 6.05. The fraction of sp³-hybridized carbons (Fsp3) is 1.00. The van der Waals surface area contributed by atoms with E-state index in [1.807, 2.05) is 13.8 Å². The molecule has 1 aliphatic heterocycles. The molecule has 0 saturated carbocycles. The van der Waals surface area contributed by atoms with E-state index in [9.17, 15) is 8.42 Å². The molecule has 0 bridgehead atoms. The zero-order valence-electron chi connectivity index (χ0n) is 9.62. The molecule has 0 aromatic rings. The van der Waals surface area contributed by atoms with Crippen molar-refractivity contribution in [3.63, 3.8) is 0 Å². The van der Waals surface area contributed by atoms with Crippen molar-refractivity contribution in [1.29, 1.82) is 0 Å². The minimum absolute atomic E-state index is 0.0690. The van der Waals surface area contributed by atoms with Crippen LogP contribution in [0.15, 0.2) is 0 Å². The lowest BCUT2D eigenvalue weighted by Crippen LogP contribution is -2.58. The van der Waals surface area contributed by atoms with Crippen molar-refractivity contribution in [2.75, 3.05) is 39.1 Å². The Morgan fingerprint density at radius 3 is 2.67 bits per heavy atom. The number of hydrogen-bond acceptors (Lipinski definition) is 4. The molecule has 1 aliphatic rings. The Kier molecular flexibility index (Phi) is 4.11. The molecule has 0 radical (unpaired) electrons. The largest absolute Gasteiger partial charge is 0.384 e. The molecule has 0 aromatic carbocycles. The van der Waals surface area contributed by atoms with Gasteiger partial charge in [-0.2, -0.15) is 4.31 Å². The first-order valence-corrected chi connectivity index (χ1v) is 6.70. The van der Waals surface area contributed by atoms with Crippen molar-refractivity contribution in [2.24, 2.45) is 0 Å². The average Bonchev–Trinajstić information content (AvgIpc) is 2.13. The van der Waals surface area contributed by atoms with Crippen molar-refractivity contribution in [3.8, 4) is 0 Å². The number of sulfonamides is 1. The SMILES string of the molecule is COCCS(=O)(=O)N1CCNC(C)(C)C1. The van der Waals surface area contributed by atoms with Crippen LogP contribution in [-0.2, 0) is 14.8 Å². The third-order valence-electron chi connectivity index (χ3n) is 2.48. The Hall–Kier alpha value is -0.170. The maximum absolute atomic E-state index is 11.9. The van der Waals surface area contributed by atoms with Crippen molar-refractivity contribution < 1.29 is 13.2 Å².